The number of anilines is 2. The van der Waals surface area contributed by atoms with Gasteiger partial charge in [-0.15, -0.1) is 12.4 Å². The largest absolute Gasteiger partial charge is 0.397 e. The highest BCUT2D eigenvalue weighted by atomic mass is 35.5. The zero-order chi connectivity index (χ0) is 11.2. The topological polar surface area (TPSA) is 63.3 Å². The van der Waals surface area contributed by atoms with Crippen LogP contribution in [0.5, 0.6) is 0 Å². The van der Waals surface area contributed by atoms with Crippen LogP contribution in [-0.2, 0) is 0 Å². The lowest BCUT2D eigenvalue weighted by Crippen LogP contribution is -1.94. The van der Waals surface area contributed by atoms with Gasteiger partial charge in [-0.3, -0.25) is 5.43 Å². The van der Waals surface area contributed by atoms with Gasteiger partial charge in [0, 0.05) is 0 Å². The first-order valence-electron chi connectivity index (χ1n) is 4.90. The Hall–Kier alpha value is -2.07. The predicted octanol–water partition coefficient (Wildman–Crippen LogP) is 2.53. The summed E-state index contributed by atoms with van der Waals surface area (Å²) in [5.74, 6) is 0.668. The molecule has 0 aliphatic heterocycles. The van der Waals surface area contributed by atoms with E-state index in [0.717, 1.165) is 5.56 Å². The number of pyridine rings is 1. The third-order valence-electron chi connectivity index (χ3n) is 1.98. The molecule has 1 aromatic carbocycles. The van der Waals surface area contributed by atoms with Gasteiger partial charge in [0.25, 0.3) is 0 Å². The smallest absolute Gasteiger partial charge is 0.146 e. The first kappa shape index (κ1) is 13.0. The lowest BCUT2D eigenvalue weighted by Gasteiger charge is -1.98. The van der Waals surface area contributed by atoms with E-state index in [-0.39, 0.29) is 12.4 Å². The summed E-state index contributed by atoms with van der Waals surface area (Å²) in [5, 5.41) is 4.06. The van der Waals surface area contributed by atoms with Crippen LogP contribution in [0, 0.1) is 0 Å². The van der Waals surface area contributed by atoms with Crippen LogP contribution in [0.4, 0.5) is 11.5 Å². The van der Waals surface area contributed by atoms with E-state index in [0.29, 0.717) is 11.5 Å². The number of nitrogens with two attached hydrogens (primary N) is 1. The zero-order valence-electron chi connectivity index (χ0n) is 9.08. The Balaban J connectivity index is 0.00000144. The Kier molecular flexibility index (Phi) is 4.97. The molecule has 0 radical (unpaired) electrons. The van der Waals surface area contributed by atoms with Gasteiger partial charge in [0.1, 0.15) is 5.82 Å². The van der Waals surface area contributed by atoms with Crippen molar-refractivity contribution in [1.29, 1.82) is 0 Å². The Bertz CT molecular complexity index is 468. The van der Waals surface area contributed by atoms with Crippen molar-refractivity contribution < 1.29 is 0 Å². The third kappa shape index (κ3) is 4.12. The Morgan fingerprint density at radius 1 is 1.12 bits per heavy atom. The van der Waals surface area contributed by atoms with E-state index in [9.17, 15) is 0 Å². The van der Waals surface area contributed by atoms with Gasteiger partial charge in [0.15, 0.2) is 0 Å². The predicted molar refractivity (Wildman–Crippen MR) is 73.6 cm³/mol. The second kappa shape index (κ2) is 6.50. The van der Waals surface area contributed by atoms with E-state index < -0.39 is 0 Å². The van der Waals surface area contributed by atoms with Crippen LogP contribution in [0.3, 0.4) is 0 Å². The molecular formula is C12H13ClN4. The van der Waals surface area contributed by atoms with Gasteiger partial charge in [-0.2, -0.15) is 5.10 Å². The number of hydrogen-bond donors (Lipinski definition) is 2. The summed E-state index contributed by atoms with van der Waals surface area (Å²) in [4.78, 5) is 4.06. The van der Waals surface area contributed by atoms with Crippen LogP contribution in [0.15, 0.2) is 53.8 Å². The molecule has 1 aromatic heterocycles. The molecule has 2 aromatic rings. The summed E-state index contributed by atoms with van der Waals surface area (Å²) in [7, 11) is 0. The van der Waals surface area contributed by atoms with E-state index in [1.165, 1.54) is 0 Å². The molecule has 0 atom stereocenters. The number of rotatable bonds is 3. The van der Waals surface area contributed by atoms with Gasteiger partial charge in [-0.1, -0.05) is 30.3 Å². The summed E-state index contributed by atoms with van der Waals surface area (Å²) in [6.07, 6.45) is 3.32. The van der Waals surface area contributed by atoms with E-state index in [1.807, 2.05) is 30.3 Å². The van der Waals surface area contributed by atoms with Gasteiger partial charge in [0.2, 0.25) is 0 Å². The van der Waals surface area contributed by atoms with Crippen molar-refractivity contribution in [3.63, 3.8) is 0 Å². The molecule has 0 bridgehead atoms. The van der Waals surface area contributed by atoms with E-state index >= 15 is 0 Å². The molecule has 0 spiro atoms. The Morgan fingerprint density at radius 2 is 1.88 bits per heavy atom. The molecule has 0 amide bonds. The van der Waals surface area contributed by atoms with Crippen LogP contribution in [-0.4, -0.2) is 11.2 Å². The summed E-state index contributed by atoms with van der Waals surface area (Å²) in [5.41, 5.74) is 10.0. The van der Waals surface area contributed by atoms with Crippen LogP contribution in [0.25, 0.3) is 0 Å². The average Bonchev–Trinajstić information content (AvgIpc) is 2.33. The highest BCUT2D eigenvalue weighted by Crippen LogP contribution is 2.05. The molecule has 0 fully saturated rings. The van der Waals surface area contributed by atoms with Crippen molar-refractivity contribution >= 4 is 30.1 Å². The number of nitrogens with zero attached hydrogens (tertiary/aromatic N) is 2. The molecule has 3 N–H and O–H groups in total. The monoisotopic (exact) mass is 248 g/mol. The summed E-state index contributed by atoms with van der Waals surface area (Å²) in [6, 6.07) is 13.4. The number of nitrogens with one attached hydrogen (secondary N) is 1. The van der Waals surface area contributed by atoms with Gasteiger partial charge in [-0.25, -0.2) is 4.98 Å². The highest BCUT2D eigenvalue weighted by molar-refractivity contribution is 5.85. The normalized spacial score (nSPS) is 9.88. The van der Waals surface area contributed by atoms with Crippen molar-refractivity contribution in [2.24, 2.45) is 5.10 Å². The van der Waals surface area contributed by atoms with Gasteiger partial charge in [-0.05, 0) is 17.7 Å². The fraction of sp³-hybridized carbons (Fsp3) is 0. The zero-order valence-corrected chi connectivity index (χ0v) is 9.89. The van der Waals surface area contributed by atoms with Crippen LogP contribution in [0.2, 0.25) is 0 Å². The Labute approximate surface area is 106 Å². The minimum atomic E-state index is 0. The molecule has 0 saturated heterocycles. The number of aromatic nitrogens is 1. The second-order valence-corrected chi connectivity index (χ2v) is 3.26. The number of hydrazone groups is 1. The van der Waals surface area contributed by atoms with Gasteiger partial charge in [0.05, 0.1) is 18.1 Å². The number of nitrogen functional groups attached to an aromatic ring is 1. The maximum atomic E-state index is 5.52. The average molecular weight is 249 g/mol. The summed E-state index contributed by atoms with van der Waals surface area (Å²) in [6.45, 7) is 0. The number of benzene rings is 1. The standard InChI is InChI=1S/C12H12N4.ClH/c13-11-6-7-12(14-9-11)16-15-8-10-4-2-1-3-5-10;/h1-9H,13H2,(H,14,16);1H/b15-8+;. The lowest BCUT2D eigenvalue weighted by molar-refractivity contribution is 1.23. The van der Waals surface area contributed by atoms with Gasteiger partial charge < -0.3 is 5.73 Å². The SMILES string of the molecule is Cl.Nc1ccc(N/N=C/c2ccccc2)nc1. The first-order valence-corrected chi connectivity index (χ1v) is 4.90. The summed E-state index contributed by atoms with van der Waals surface area (Å²) < 4.78 is 0. The fourth-order valence-electron chi connectivity index (χ4n) is 1.18. The lowest BCUT2D eigenvalue weighted by atomic mass is 10.2. The van der Waals surface area contributed by atoms with Crippen molar-refractivity contribution in [2.75, 3.05) is 11.2 Å². The van der Waals surface area contributed by atoms with Crippen molar-refractivity contribution in [3.05, 3.63) is 54.2 Å². The van der Waals surface area contributed by atoms with Crippen molar-refractivity contribution in [2.45, 2.75) is 0 Å². The van der Waals surface area contributed by atoms with Crippen molar-refractivity contribution in [3.8, 4) is 0 Å². The molecule has 0 aliphatic rings. The minimum absolute atomic E-state index is 0. The van der Waals surface area contributed by atoms with Crippen LogP contribution >= 0.6 is 12.4 Å². The molecule has 0 saturated carbocycles. The maximum Gasteiger partial charge on any atom is 0.146 e. The van der Waals surface area contributed by atoms with E-state index in [4.69, 9.17) is 5.73 Å². The third-order valence-corrected chi connectivity index (χ3v) is 1.98. The molecule has 0 aliphatic carbocycles. The van der Waals surface area contributed by atoms with E-state index in [2.05, 4.69) is 15.5 Å². The Morgan fingerprint density at radius 3 is 2.53 bits per heavy atom. The fourth-order valence-corrected chi connectivity index (χ4v) is 1.18. The molecule has 2 rings (SSSR count). The van der Waals surface area contributed by atoms with Gasteiger partial charge >= 0.3 is 0 Å². The molecule has 88 valence electrons. The quantitative estimate of drug-likeness (QED) is 0.648. The molecule has 17 heavy (non-hydrogen) atoms. The molecule has 5 heteroatoms. The second-order valence-electron chi connectivity index (χ2n) is 3.26. The summed E-state index contributed by atoms with van der Waals surface area (Å²) >= 11 is 0. The molecule has 0 unspecified atom stereocenters. The maximum absolute atomic E-state index is 5.52. The number of hydrogen-bond acceptors (Lipinski definition) is 4. The van der Waals surface area contributed by atoms with Crippen LogP contribution in [0.1, 0.15) is 5.56 Å². The van der Waals surface area contributed by atoms with Crippen molar-refractivity contribution in [1.82, 2.24) is 4.98 Å². The molecular weight excluding hydrogens is 236 g/mol. The highest BCUT2D eigenvalue weighted by Gasteiger charge is 1.89. The van der Waals surface area contributed by atoms with Crippen LogP contribution < -0.4 is 11.2 Å². The molecule has 1 heterocycles. The van der Waals surface area contributed by atoms with E-state index in [1.54, 1.807) is 24.5 Å². The minimum Gasteiger partial charge on any atom is -0.397 e. The molecule has 4 nitrogen and oxygen atoms in total. The number of halogens is 1. The first-order chi connectivity index (χ1) is 7.84.